The molecule has 118 valence electrons. The molecule has 1 rings (SSSR count). The number of hydrogen-bond acceptors (Lipinski definition) is 6. The highest BCUT2D eigenvalue weighted by Crippen LogP contribution is 2.12. The van der Waals surface area contributed by atoms with Gasteiger partial charge in [-0.05, 0) is 6.04 Å². The summed E-state index contributed by atoms with van der Waals surface area (Å²) in [6.07, 6.45) is 1.37. The van der Waals surface area contributed by atoms with Gasteiger partial charge < -0.3 is 18.8 Å². The Morgan fingerprint density at radius 3 is 2.33 bits per heavy atom. The van der Waals surface area contributed by atoms with E-state index in [4.69, 9.17) is 4.74 Å². The number of rotatable bonds is 7. The molecule has 0 atom stereocenters. The average molecular weight is 314 g/mol. The molecule has 0 spiro atoms. The van der Waals surface area contributed by atoms with Crippen LogP contribution in [-0.4, -0.2) is 50.4 Å². The van der Waals surface area contributed by atoms with Crippen LogP contribution in [0.15, 0.2) is 6.33 Å². The van der Waals surface area contributed by atoms with Crippen LogP contribution in [0.1, 0.15) is 21.0 Å². The normalized spacial score (nSPS) is 11.3. The van der Waals surface area contributed by atoms with E-state index in [1.54, 1.807) is 0 Å². The molecular formula is C13H22N2O5Si. The van der Waals surface area contributed by atoms with Crippen molar-refractivity contribution in [1.29, 1.82) is 0 Å². The predicted octanol–water partition coefficient (Wildman–Crippen LogP) is 1.77. The van der Waals surface area contributed by atoms with E-state index < -0.39 is 20.0 Å². The summed E-state index contributed by atoms with van der Waals surface area (Å²) >= 11 is 0. The number of methoxy groups -OCH3 is 2. The molecule has 0 saturated carbocycles. The van der Waals surface area contributed by atoms with Gasteiger partial charge in [0.25, 0.3) is 0 Å². The van der Waals surface area contributed by atoms with Crippen LogP contribution in [0.3, 0.4) is 0 Å². The lowest BCUT2D eigenvalue weighted by Gasteiger charge is -2.15. The van der Waals surface area contributed by atoms with E-state index in [-0.39, 0.29) is 18.1 Å². The number of nitrogens with zero attached hydrogens (tertiary/aromatic N) is 2. The summed E-state index contributed by atoms with van der Waals surface area (Å²) in [6.45, 7) is 7.50. The molecular weight excluding hydrogens is 292 g/mol. The van der Waals surface area contributed by atoms with Crippen LogP contribution in [0, 0.1) is 0 Å². The first-order valence-electron chi connectivity index (χ1n) is 6.59. The van der Waals surface area contributed by atoms with Crippen molar-refractivity contribution in [2.24, 2.45) is 0 Å². The van der Waals surface area contributed by atoms with E-state index in [0.717, 1.165) is 6.04 Å². The van der Waals surface area contributed by atoms with E-state index in [1.807, 2.05) is 0 Å². The van der Waals surface area contributed by atoms with Gasteiger partial charge in [0, 0.05) is 14.7 Å². The fourth-order valence-corrected chi connectivity index (χ4v) is 2.33. The van der Waals surface area contributed by atoms with Crippen molar-refractivity contribution in [2.45, 2.75) is 32.4 Å². The third-order valence-electron chi connectivity index (χ3n) is 2.82. The Labute approximate surface area is 125 Å². The highest BCUT2D eigenvalue weighted by Gasteiger charge is 2.25. The molecule has 0 bridgehead atoms. The summed E-state index contributed by atoms with van der Waals surface area (Å²) in [7, 11) is 1.30. The lowest BCUT2D eigenvalue weighted by atomic mass is 10.3. The zero-order chi connectivity index (χ0) is 16.0. The Balaban J connectivity index is 2.80. The molecule has 0 amide bonds. The van der Waals surface area contributed by atoms with Gasteiger partial charge in [0.2, 0.25) is 0 Å². The zero-order valence-corrected chi connectivity index (χ0v) is 14.1. The van der Waals surface area contributed by atoms with Crippen LogP contribution in [0.25, 0.3) is 0 Å². The first-order chi connectivity index (χ1) is 9.80. The number of imidazole rings is 1. The fraction of sp³-hybridized carbons (Fsp3) is 0.615. The number of esters is 2. The Morgan fingerprint density at radius 1 is 1.19 bits per heavy atom. The minimum atomic E-state index is -1.17. The molecule has 0 fully saturated rings. The standard InChI is InChI=1S/C13H22N2O5Si/c1-18-12(16)10-11(13(17)19-2)15(8-14-10)9-20-6-7-21(3,4)5/h8H,6-7,9H2,1-5H3. The predicted molar refractivity (Wildman–Crippen MR) is 79.0 cm³/mol. The molecule has 0 aliphatic heterocycles. The smallest absolute Gasteiger partial charge is 0.359 e. The fourth-order valence-electron chi connectivity index (χ4n) is 1.58. The van der Waals surface area contributed by atoms with Crippen molar-refractivity contribution in [2.75, 3.05) is 20.8 Å². The summed E-state index contributed by atoms with van der Waals surface area (Å²) in [4.78, 5) is 27.3. The maximum Gasteiger partial charge on any atom is 0.359 e. The number of aromatic nitrogens is 2. The van der Waals surface area contributed by atoms with Gasteiger partial charge in [-0.3, -0.25) is 0 Å². The number of carbonyl (C=O) groups excluding carboxylic acids is 2. The Kier molecular flexibility index (Phi) is 6.10. The molecule has 0 N–H and O–H groups in total. The van der Waals surface area contributed by atoms with Crippen molar-refractivity contribution < 1.29 is 23.8 Å². The van der Waals surface area contributed by atoms with Gasteiger partial charge in [-0.25, -0.2) is 14.6 Å². The van der Waals surface area contributed by atoms with Crippen LogP contribution in [-0.2, 0) is 20.9 Å². The summed E-state index contributed by atoms with van der Waals surface area (Å²) in [5.41, 5.74) is -0.0319. The quantitative estimate of drug-likeness (QED) is 0.433. The Bertz CT molecular complexity index is 507. The van der Waals surface area contributed by atoms with Crippen LogP contribution in [0.4, 0.5) is 0 Å². The lowest BCUT2D eigenvalue weighted by molar-refractivity contribution is 0.0510. The molecule has 21 heavy (non-hydrogen) atoms. The number of carbonyl (C=O) groups is 2. The highest BCUT2D eigenvalue weighted by atomic mass is 28.3. The van der Waals surface area contributed by atoms with Gasteiger partial charge >= 0.3 is 11.9 Å². The Hall–Kier alpha value is -1.67. The van der Waals surface area contributed by atoms with Gasteiger partial charge in [0.15, 0.2) is 11.4 Å². The van der Waals surface area contributed by atoms with Crippen molar-refractivity contribution in [3.63, 3.8) is 0 Å². The van der Waals surface area contributed by atoms with Crippen molar-refractivity contribution >= 4 is 20.0 Å². The molecule has 0 aromatic carbocycles. The third kappa shape index (κ3) is 4.98. The maximum atomic E-state index is 11.8. The summed E-state index contributed by atoms with van der Waals surface area (Å²) in [5.74, 6) is -1.34. The first-order valence-corrected chi connectivity index (χ1v) is 10.3. The second-order valence-corrected chi connectivity index (χ2v) is 11.4. The summed E-state index contributed by atoms with van der Waals surface area (Å²) in [5, 5.41) is 0. The topological polar surface area (TPSA) is 79.6 Å². The van der Waals surface area contributed by atoms with Crippen LogP contribution in [0.5, 0.6) is 0 Å². The molecule has 7 nitrogen and oxygen atoms in total. The van der Waals surface area contributed by atoms with Crippen LogP contribution in [0.2, 0.25) is 25.7 Å². The van der Waals surface area contributed by atoms with Crippen LogP contribution < -0.4 is 0 Å². The molecule has 0 aliphatic carbocycles. The Morgan fingerprint density at radius 2 is 1.81 bits per heavy atom. The highest BCUT2D eigenvalue weighted by molar-refractivity contribution is 6.76. The van der Waals surface area contributed by atoms with E-state index in [9.17, 15) is 9.59 Å². The average Bonchev–Trinajstić information content (AvgIpc) is 2.84. The zero-order valence-electron chi connectivity index (χ0n) is 13.1. The largest absolute Gasteiger partial charge is 0.464 e. The molecule has 0 unspecified atom stereocenters. The second-order valence-electron chi connectivity index (χ2n) is 5.74. The van der Waals surface area contributed by atoms with E-state index >= 15 is 0 Å². The van der Waals surface area contributed by atoms with Gasteiger partial charge in [-0.2, -0.15) is 0 Å². The second kappa shape index (κ2) is 7.37. The third-order valence-corrected chi connectivity index (χ3v) is 4.53. The van der Waals surface area contributed by atoms with Gasteiger partial charge in [-0.1, -0.05) is 19.6 Å². The summed E-state index contributed by atoms with van der Waals surface area (Å²) < 4.78 is 16.3. The lowest BCUT2D eigenvalue weighted by Crippen LogP contribution is -2.22. The molecule has 0 aliphatic rings. The number of ether oxygens (including phenoxy) is 3. The number of hydrogen-bond donors (Lipinski definition) is 0. The SMILES string of the molecule is COC(=O)c1ncn(COCC[Si](C)(C)C)c1C(=O)OC. The monoisotopic (exact) mass is 314 g/mol. The molecule has 0 radical (unpaired) electrons. The van der Waals surface area contributed by atoms with E-state index in [1.165, 1.54) is 25.1 Å². The molecule has 8 heteroatoms. The minimum absolute atomic E-state index is 0.0392. The summed E-state index contributed by atoms with van der Waals surface area (Å²) in [6, 6.07) is 1.01. The van der Waals surface area contributed by atoms with Gasteiger partial charge in [0.1, 0.15) is 6.73 Å². The van der Waals surface area contributed by atoms with Gasteiger partial charge in [-0.15, -0.1) is 0 Å². The minimum Gasteiger partial charge on any atom is -0.464 e. The van der Waals surface area contributed by atoms with Crippen molar-refractivity contribution in [1.82, 2.24) is 9.55 Å². The maximum absolute atomic E-state index is 11.8. The van der Waals surface area contributed by atoms with Crippen molar-refractivity contribution in [3.05, 3.63) is 17.7 Å². The van der Waals surface area contributed by atoms with Gasteiger partial charge in [0.05, 0.1) is 20.5 Å². The molecule has 1 aromatic heterocycles. The van der Waals surface area contributed by atoms with E-state index in [2.05, 4.69) is 34.1 Å². The first kappa shape index (κ1) is 17.4. The van der Waals surface area contributed by atoms with Crippen LogP contribution >= 0.6 is 0 Å². The van der Waals surface area contributed by atoms with Crippen molar-refractivity contribution in [3.8, 4) is 0 Å². The van der Waals surface area contributed by atoms with E-state index in [0.29, 0.717) is 6.61 Å². The molecule has 1 heterocycles. The molecule has 1 aromatic rings. The molecule has 0 saturated heterocycles.